The second kappa shape index (κ2) is 12.6. The fraction of sp³-hybridized carbons (Fsp3) is 0.321. The number of benzene rings is 2. The van der Waals surface area contributed by atoms with Crippen LogP contribution in [-0.4, -0.2) is 43.5 Å². The van der Waals surface area contributed by atoms with Crippen molar-refractivity contribution in [3.8, 4) is 17.6 Å². The summed E-state index contributed by atoms with van der Waals surface area (Å²) in [7, 11) is 3.05. The molecule has 1 heterocycles. The van der Waals surface area contributed by atoms with Crippen LogP contribution in [0.4, 0.5) is 26.5 Å². The number of amides is 1. The van der Waals surface area contributed by atoms with E-state index in [1.54, 1.807) is 39.0 Å². The molecule has 0 aliphatic heterocycles. The molecule has 3 N–H and O–H groups in total. The maximum Gasteiger partial charge on any atom is 0.407 e. The zero-order chi connectivity index (χ0) is 27.7. The maximum absolute atomic E-state index is 15.1. The number of nitriles is 1. The van der Waals surface area contributed by atoms with Crippen molar-refractivity contribution in [3.63, 3.8) is 0 Å². The van der Waals surface area contributed by atoms with Gasteiger partial charge in [0.2, 0.25) is 0 Å². The molecule has 0 aliphatic rings. The number of alkyl carbamates (subject to hydrolysis) is 1. The maximum atomic E-state index is 15.1. The Hall–Kier alpha value is -4.52. The topological polar surface area (TPSA) is 118 Å². The minimum Gasteiger partial charge on any atom is -0.497 e. The lowest BCUT2D eigenvalue weighted by Gasteiger charge is -2.23. The largest absolute Gasteiger partial charge is 0.497 e. The van der Waals surface area contributed by atoms with Crippen LogP contribution >= 0.6 is 0 Å². The van der Waals surface area contributed by atoms with E-state index in [2.05, 4.69) is 20.9 Å². The van der Waals surface area contributed by atoms with Crippen molar-refractivity contribution in [1.82, 2.24) is 10.3 Å². The molecule has 0 spiro atoms. The van der Waals surface area contributed by atoms with Gasteiger partial charge in [0, 0.05) is 36.5 Å². The lowest BCUT2D eigenvalue weighted by molar-refractivity contribution is 0.0525. The van der Waals surface area contributed by atoms with Crippen molar-refractivity contribution >= 4 is 23.4 Å². The fourth-order valence-electron chi connectivity index (χ4n) is 3.57. The molecule has 200 valence electrons. The number of carbonyl (C=O) groups is 1. The first-order valence-electron chi connectivity index (χ1n) is 12.0. The van der Waals surface area contributed by atoms with E-state index in [0.717, 1.165) is 11.6 Å². The van der Waals surface area contributed by atoms with Gasteiger partial charge in [0.15, 0.2) is 17.5 Å². The number of hydrogen-bond acceptors (Lipinski definition) is 8. The highest BCUT2D eigenvalue weighted by atomic mass is 19.1. The number of nitrogens with one attached hydrogen (secondary N) is 3. The van der Waals surface area contributed by atoms with E-state index in [4.69, 9.17) is 14.2 Å². The highest BCUT2D eigenvalue weighted by molar-refractivity contribution is 5.68. The third-order valence-electron chi connectivity index (χ3n) is 5.27. The predicted molar refractivity (Wildman–Crippen MR) is 144 cm³/mol. The van der Waals surface area contributed by atoms with E-state index in [9.17, 15) is 10.1 Å². The van der Waals surface area contributed by atoms with Gasteiger partial charge in [-0.25, -0.2) is 14.2 Å². The van der Waals surface area contributed by atoms with Gasteiger partial charge >= 0.3 is 6.09 Å². The molecule has 1 aromatic heterocycles. The van der Waals surface area contributed by atoms with Crippen LogP contribution in [0, 0.1) is 17.1 Å². The van der Waals surface area contributed by atoms with Crippen LogP contribution in [0.15, 0.2) is 54.6 Å². The molecule has 0 radical (unpaired) electrons. The Labute approximate surface area is 221 Å². The summed E-state index contributed by atoms with van der Waals surface area (Å²) in [6.45, 7) is 5.46. The number of carbonyl (C=O) groups excluding carboxylic acids is 1. The summed E-state index contributed by atoms with van der Waals surface area (Å²) in [5.74, 6) is 0.424. The molecule has 1 amide bonds. The van der Waals surface area contributed by atoms with Crippen LogP contribution in [0.1, 0.15) is 31.9 Å². The zero-order valence-electron chi connectivity index (χ0n) is 22.1. The van der Waals surface area contributed by atoms with E-state index >= 15 is 4.39 Å². The molecule has 0 aliphatic carbocycles. The Morgan fingerprint density at radius 1 is 1.05 bits per heavy atom. The number of nitrogens with zero attached hydrogens (tertiary/aromatic N) is 2. The summed E-state index contributed by atoms with van der Waals surface area (Å²) in [6.07, 6.45) is -0.118. The standard InChI is InChI=1S/C28H32FN5O4/c1-28(2,3)38-27(35)31-17-21(11-18-9-7-6-8-10-18)33-26-24(29)12-19(16-30)25(34-26)32-20-13-22(36-4)15-23(14-20)37-5/h6-10,12-15,21H,11,17H2,1-5H3,(H,31,35)(H2,32,33,34)/t21-/m1/s1. The normalized spacial score (nSPS) is 11.6. The van der Waals surface area contributed by atoms with Gasteiger partial charge in [0.05, 0.1) is 19.8 Å². The molecule has 0 saturated carbocycles. The Kier molecular flexibility index (Phi) is 9.33. The lowest BCUT2D eigenvalue weighted by atomic mass is 10.1. The van der Waals surface area contributed by atoms with Gasteiger partial charge in [-0.05, 0) is 38.8 Å². The molecule has 3 aromatic rings. The monoisotopic (exact) mass is 521 g/mol. The Morgan fingerprint density at radius 2 is 1.71 bits per heavy atom. The van der Waals surface area contributed by atoms with Gasteiger partial charge in [-0.2, -0.15) is 5.26 Å². The fourth-order valence-corrected chi connectivity index (χ4v) is 3.57. The molecular weight excluding hydrogens is 489 g/mol. The number of ether oxygens (including phenoxy) is 3. The highest BCUT2D eigenvalue weighted by Gasteiger charge is 2.20. The van der Waals surface area contributed by atoms with Gasteiger partial charge in [-0.1, -0.05) is 30.3 Å². The Morgan fingerprint density at radius 3 is 2.29 bits per heavy atom. The Bertz CT molecular complexity index is 1270. The smallest absolute Gasteiger partial charge is 0.407 e. The quantitative estimate of drug-likeness (QED) is 0.325. The van der Waals surface area contributed by atoms with E-state index < -0.39 is 23.6 Å². The molecule has 3 rings (SSSR count). The number of pyridine rings is 1. The Balaban J connectivity index is 1.88. The molecule has 0 bridgehead atoms. The average Bonchev–Trinajstić information content (AvgIpc) is 2.88. The van der Waals surface area contributed by atoms with Crippen LogP contribution in [0.3, 0.4) is 0 Å². The first-order chi connectivity index (χ1) is 18.1. The summed E-state index contributed by atoms with van der Waals surface area (Å²) in [4.78, 5) is 16.6. The molecule has 0 unspecified atom stereocenters. The number of halogens is 1. The van der Waals surface area contributed by atoms with Crippen molar-refractivity contribution < 1.29 is 23.4 Å². The van der Waals surface area contributed by atoms with Crippen LogP contribution in [0.5, 0.6) is 11.5 Å². The number of anilines is 3. The van der Waals surface area contributed by atoms with Gasteiger partial charge in [-0.3, -0.25) is 0 Å². The van der Waals surface area contributed by atoms with Crippen molar-refractivity contribution in [3.05, 3.63) is 71.5 Å². The summed E-state index contributed by atoms with van der Waals surface area (Å²) < 4.78 is 31.0. The molecule has 9 nitrogen and oxygen atoms in total. The molecule has 0 fully saturated rings. The predicted octanol–water partition coefficient (Wildman–Crippen LogP) is 5.40. The summed E-state index contributed by atoms with van der Waals surface area (Å²) >= 11 is 0. The van der Waals surface area contributed by atoms with Gasteiger partial charge < -0.3 is 30.2 Å². The summed E-state index contributed by atoms with van der Waals surface area (Å²) in [5.41, 5.74) is 0.875. The number of methoxy groups -OCH3 is 2. The number of rotatable bonds is 10. The highest BCUT2D eigenvalue weighted by Crippen LogP contribution is 2.30. The van der Waals surface area contributed by atoms with Crippen LogP contribution < -0.4 is 25.4 Å². The number of aromatic nitrogens is 1. The molecular formula is C28H32FN5O4. The molecule has 2 aromatic carbocycles. The van der Waals surface area contributed by atoms with Gasteiger partial charge in [-0.15, -0.1) is 0 Å². The molecule has 10 heteroatoms. The van der Waals surface area contributed by atoms with Crippen LogP contribution in [0.2, 0.25) is 0 Å². The summed E-state index contributed by atoms with van der Waals surface area (Å²) in [5, 5.41) is 18.5. The van der Waals surface area contributed by atoms with E-state index in [1.165, 1.54) is 14.2 Å². The van der Waals surface area contributed by atoms with Crippen molar-refractivity contribution in [2.45, 2.75) is 38.8 Å². The third-order valence-corrected chi connectivity index (χ3v) is 5.27. The van der Waals surface area contributed by atoms with Gasteiger partial charge in [0.25, 0.3) is 0 Å². The third kappa shape index (κ3) is 8.27. The average molecular weight is 522 g/mol. The van der Waals surface area contributed by atoms with E-state index in [-0.39, 0.29) is 23.7 Å². The van der Waals surface area contributed by atoms with E-state index in [0.29, 0.717) is 23.6 Å². The first-order valence-corrected chi connectivity index (χ1v) is 12.0. The second-order valence-corrected chi connectivity index (χ2v) is 9.47. The van der Waals surface area contributed by atoms with Crippen molar-refractivity contribution in [2.75, 3.05) is 31.4 Å². The van der Waals surface area contributed by atoms with Crippen molar-refractivity contribution in [2.24, 2.45) is 0 Å². The zero-order valence-corrected chi connectivity index (χ0v) is 22.1. The molecule has 0 saturated heterocycles. The lowest BCUT2D eigenvalue weighted by Crippen LogP contribution is -2.40. The summed E-state index contributed by atoms with van der Waals surface area (Å²) in [6, 6.07) is 17.3. The molecule has 38 heavy (non-hydrogen) atoms. The first kappa shape index (κ1) is 28.1. The van der Waals surface area contributed by atoms with E-state index in [1.807, 2.05) is 36.4 Å². The number of hydrogen-bond donors (Lipinski definition) is 3. The van der Waals surface area contributed by atoms with Crippen molar-refractivity contribution in [1.29, 1.82) is 5.26 Å². The van der Waals surface area contributed by atoms with Gasteiger partial charge in [0.1, 0.15) is 23.2 Å². The van der Waals surface area contributed by atoms with Crippen LogP contribution in [-0.2, 0) is 11.2 Å². The minimum atomic E-state index is -0.703. The second-order valence-electron chi connectivity index (χ2n) is 9.47. The minimum absolute atomic E-state index is 0.0151. The molecule has 1 atom stereocenters. The van der Waals surface area contributed by atoms with Crippen LogP contribution in [0.25, 0.3) is 0 Å². The SMILES string of the molecule is COc1cc(Nc2nc(N[C@@H](CNC(=O)OC(C)(C)C)Cc3ccccc3)c(F)cc2C#N)cc(OC)c1.